The molecule has 41 heavy (non-hydrogen) atoms. The van der Waals surface area contributed by atoms with Crippen molar-refractivity contribution < 1.29 is 0 Å². The Kier molecular flexibility index (Phi) is 20.5. The smallest absolute Gasteiger partial charge is 0.0176 e. The fourth-order valence-electron chi connectivity index (χ4n) is 6.48. The van der Waals surface area contributed by atoms with Crippen LogP contribution in [0.25, 0.3) is 0 Å². The fourth-order valence-corrected chi connectivity index (χ4v) is 6.77. The molecule has 0 saturated heterocycles. The zero-order valence-electron chi connectivity index (χ0n) is 25.8. The predicted octanol–water partition coefficient (Wildman–Crippen LogP) is 12.4. The molecule has 0 aliphatic carbocycles. The maximum Gasteiger partial charge on any atom is -0.0176 e. The van der Waals surface area contributed by atoms with Crippen LogP contribution in [-0.4, -0.2) is 6.16 Å². The van der Waals surface area contributed by atoms with Crippen molar-refractivity contribution in [1.82, 2.24) is 0 Å². The molecule has 0 fully saturated rings. The zero-order chi connectivity index (χ0) is 28.0. The molecule has 1 atom stereocenters. The molecule has 0 heterocycles. The van der Waals surface area contributed by atoms with E-state index >= 15 is 0 Å². The third-order valence-electron chi connectivity index (χ3n) is 8.68. The van der Waals surface area contributed by atoms with Gasteiger partial charge in [0.1, 0.15) is 0 Å². The van der Waals surface area contributed by atoms with Crippen molar-refractivity contribution in [3.8, 4) is 0 Å². The molecule has 0 aliphatic rings. The highest BCUT2D eigenvalue weighted by Gasteiger charge is 2.30. The molecule has 0 aliphatic heterocycles. The van der Waals surface area contributed by atoms with E-state index in [-0.39, 0.29) is 29.4 Å². The summed E-state index contributed by atoms with van der Waals surface area (Å²) in [5.74, 6) is 0. The van der Waals surface area contributed by atoms with Crippen LogP contribution in [0.3, 0.4) is 0 Å². The molecule has 226 valence electrons. The maximum absolute atomic E-state index is 2.85. The Hall–Kier alpha value is -1.18. The summed E-state index contributed by atoms with van der Waals surface area (Å²) in [5.41, 5.74) is 4.68. The Labute approximate surface area is 273 Å². The monoisotopic (exact) mass is 684 g/mol. The molecule has 0 nitrogen and oxygen atoms in total. The highest BCUT2D eigenvalue weighted by molar-refractivity contribution is 14.0. The summed E-state index contributed by atoms with van der Waals surface area (Å²) in [4.78, 5) is 0. The number of hydrogen-bond donors (Lipinski definition) is 0. The van der Waals surface area contributed by atoms with Crippen LogP contribution in [0.5, 0.6) is 0 Å². The lowest BCUT2D eigenvalue weighted by molar-refractivity contribution is 0.243. The topological polar surface area (TPSA) is 0 Å². The SMILES string of the molecule is I.PCCCCCCCCCCCCCCCCCC(Cc1ccccc1)(Cc1ccccc1)Cc1ccccc1. The molecule has 0 spiro atoms. The van der Waals surface area contributed by atoms with Crippen LogP contribution in [-0.2, 0) is 19.3 Å². The van der Waals surface area contributed by atoms with Gasteiger partial charge in [-0.3, -0.25) is 0 Å². The zero-order valence-corrected chi connectivity index (χ0v) is 29.3. The van der Waals surface area contributed by atoms with Gasteiger partial charge in [-0.2, -0.15) is 0 Å². The average Bonchev–Trinajstić information content (AvgIpc) is 2.98. The van der Waals surface area contributed by atoms with Crippen molar-refractivity contribution in [2.24, 2.45) is 5.41 Å². The van der Waals surface area contributed by atoms with Crippen LogP contribution in [0.2, 0.25) is 0 Å². The Morgan fingerprint density at radius 2 is 0.634 bits per heavy atom. The molecule has 0 N–H and O–H groups in total. The van der Waals surface area contributed by atoms with Gasteiger partial charge in [0.05, 0.1) is 0 Å². The Morgan fingerprint density at radius 3 is 0.927 bits per heavy atom. The van der Waals surface area contributed by atoms with E-state index in [1.54, 1.807) is 0 Å². The van der Waals surface area contributed by atoms with Gasteiger partial charge in [-0.05, 0) is 60.4 Å². The minimum absolute atomic E-state index is 0. The Morgan fingerprint density at radius 1 is 0.366 bits per heavy atom. The van der Waals surface area contributed by atoms with Crippen LogP contribution in [0.4, 0.5) is 0 Å². The van der Waals surface area contributed by atoms with Gasteiger partial charge >= 0.3 is 0 Å². The first-order valence-corrected chi connectivity index (χ1v) is 17.4. The van der Waals surface area contributed by atoms with E-state index in [1.165, 1.54) is 126 Å². The lowest BCUT2D eigenvalue weighted by Crippen LogP contribution is -2.30. The van der Waals surface area contributed by atoms with Gasteiger partial charge in [0.25, 0.3) is 0 Å². The van der Waals surface area contributed by atoms with Gasteiger partial charge in [-0.25, -0.2) is 0 Å². The first-order valence-electron chi connectivity index (χ1n) is 16.6. The van der Waals surface area contributed by atoms with Crippen LogP contribution in [0, 0.1) is 5.41 Å². The van der Waals surface area contributed by atoms with Gasteiger partial charge in [0.2, 0.25) is 0 Å². The highest BCUT2D eigenvalue weighted by Crippen LogP contribution is 2.37. The largest absolute Gasteiger partial charge is 0.138 e. The van der Waals surface area contributed by atoms with Gasteiger partial charge in [-0.15, -0.1) is 33.2 Å². The summed E-state index contributed by atoms with van der Waals surface area (Å²) >= 11 is 0. The van der Waals surface area contributed by atoms with Gasteiger partial charge in [0.15, 0.2) is 0 Å². The number of hydrogen-bond acceptors (Lipinski definition) is 0. The first-order chi connectivity index (χ1) is 19.8. The van der Waals surface area contributed by atoms with Crippen LogP contribution >= 0.6 is 33.2 Å². The molecule has 3 aromatic rings. The first kappa shape index (κ1) is 36.0. The summed E-state index contributed by atoms with van der Waals surface area (Å²) in [6.45, 7) is 0. The minimum atomic E-state index is 0. The van der Waals surface area contributed by atoms with E-state index < -0.39 is 0 Å². The van der Waals surface area contributed by atoms with E-state index in [0.717, 1.165) is 19.3 Å². The minimum Gasteiger partial charge on any atom is -0.138 e. The summed E-state index contributed by atoms with van der Waals surface area (Å²) in [6, 6.07) is 33.7. The van der Waals surface area contributed by atoms with E-state index in [2.05, 4.69) is 100 Å². The highest BCUT2D eigenvalue weighted by atomic mass is 127. The lowest BCUT2D eigenvalue weighted by Gasteiger charge is -2.35. The molecule has 1 unspecified atom stereocenters. The number of benzene rings is 3. The van der Waals surface area contributed by atoms with Crippen molar-refractivity contribution in [3.63, 3.8) is 0 Å². The van der Waals surface area contributed by atoms with Crippen molar-refractivity contribution >= 4 is 33.2 Å². The number of unbranched alkanes of at least 4 members (excludes halogenated alkanes) is 14. The molecule has 0 saturated carbocycles. The standard InChI is InChI=1S/C39H57P.HI/c40-32-24-13-11-9-7-5-3-1-2-4-6-8-10-12-23-31-39(33-36-25-17-14-18-26-36,34-37-27-19-15-20-28-37)35-38-29-21-16-22-30-38;/h14-22,25-30H,1-13,23-24,31-35,40H2;1H. The second-order valence-corrected chi connectivity index (χ2v) is 12.9. The molecule has 0 aromatic heterocycles. The van der Waals surface area contributed by atoms with Crippen molar-refractivity contribution in [2.45, 2.75) is 122 Å². The lowest BCUT2D eigenvalue weighted by atomic mass is 9.69. The van der Waals surface area contributed by atoms with E-state index in [0.29, 0.717) is 0 Å². The molecular formula is C39H58IP. The second kappa shape index (κ2) is 23.3. The van der Waals surface area contributed by atoms with E-state index in [9.17, 15) is 0 Å². The molecule has 3 aromatic carbocycles. The van der Waals surface area contributed by atoms with Gasteiger partial charge in [0, 0.05) is 0 Å². The van der Waals surface area contributed by atoms with Gasteiger partial charge < -0.3 is 0 Å². The molecule has 3 rings (SSSR count). The summed E-state index contributed by atoms with van der Waals surface area (Å²) in [6.07, 6.45) is 27.4. The Bertz CT molecular complexity index is 871. The summed E-state index contributed by atoms with van der Waals surface area (Å²) < 4.78 is 0. The van der Waals surface area contributed by atoms with Crippen molar-refractivity contribution in [1.29, 1.82) is 0 Å². The quantitative estimate of drug-likeness (QED) is 0.0530. The normalized spacial score (nSPS) is 11.3. The Balaban J connectivity index is 0.00000588. The number of rotatable bonds is 23. The fraction of sp³-hybridized carbons (Fsp3) is 0.538. The molecule has 0 radical (unpaired) electrons. The molecule has 2 heteroatoms. The van der Waals surface area contributed by atoms with Gasteiger partial charge in [-0.1, -0.05) is 181 Å². The summed E-state index contributed by atoms with van der Waals surface area (Å²) in [7, 11) is 2.85. The van der Waals surface area contributed by atoms with E-state index in [1.807, 2.05) is 0 Å². The van der Waals surface area contributed by atoms with Crippen molar-refractivity contribution in [2.75, 3.05) is 6.16 Å². The van der Waals surface area contributed by atoms with Crippen LogP contribution < -0.4 is 0 Å². The second-order valence-electron chi connectivity index (χ2n) is 12.3. The third kappa shape index (κ3) is 16.3. The third-order valence-corrected chi connectivity index (χ3v) is 9.09. The molecular weight excluding hydrogens is 626 g/mol. The van der Waals surface area contributed by atoms with Crippen molar-refractivity contribution in [3.05, 3.63) is 108 Å². The van der Waals surface area contributed by atoms with Crippen LogP contribution in [0.15, 0.2) is 91.0 Å². The molecule has 0 bridgehead atoms. The predicted molar refractivity (Wildman–Crippen MR) is 197 cm³/mol. The average molecular weight is 685 g/mol. The summed E-state index contributed by atoms with van der Waals surface area (Å²) in [5, 5.41) is 0. The van der Waals surface area contributed by atoms with Crippen LogP contribution in [0.1, 0.15) is 119 Å². The molecule has 0 amide bonds. The number of halogens is 1. The maximum atomic E-state index is 2.85. The van der Waals surface area contributed by atoms with E-state index in [4.69, 9.17) is 0 Å².